The molecule has 2 heterocycles. The molecule has 11 heteroatoms. The van der Waals surface area contributed by atoms with Gasteiger partial charge in [0.25, 0.3) is 5.91 Å². The molecule has 0 atom stereocenters. The molecule has 1 saturated heterocycles. The minimum absolute atomic E-state index is 0.0722. The van der Waals surface area contributed by atoms with Gasteiger partial charge in [0.1, 0.15) is 23.1 Å². The molecule has 0 unspecified atom stereocenters. The molecule has 242 valence electrons. The second kappa shape index (κ2) is 14.4. The Kier molecular flexibility index (Phi) is 9.87. The van der Waals surface area contributed by atoms with Gasteiger partial charge >= 0.3 is 6.61 Å². The van der Waals surface area contributed by atoms with Gasteiger partial charge in [0.2, 0.25) is 0 Å². The SMILES string of the molecule is O=C(CCCOCC1CC1)c1ccc2nn(CC3CCN(C(=O)c4ccc(Oc5ccc(F)cc5)cc4)CC3)cc2c1OC(F)F. The summed E-state index contributed by atoms with van der Waals surface area (Å²) in [7, 11) is 0. The number of aromatic nitrogens is 2. The average Bonchev–Trinajstić information content (AvgIpc) is 3.79. The zero-order valence-electron chi connectivity index (χ0n) is 25.4. The number of hydrogen-bond acceptors (Lipinski definition) is 6. The molecule has 1 amide bonds. The zero-order valence-corrected chi connectivity index (χ0v) is 25.4. The summed E-state index contributed by atoms with van der Waals surface area (Å²) >= 11 is 0. The number of amides is 1. The Morgan fingerprint density at radius 3 is 2.26 bits per heavy atom. The van der Waals surface area contributed by atoms with Crippen molar-refractivity contribution in [3.05, 3.63) is 83.8 Å². The predicted molar refractivity (Wildman–Crippen MR) is 165 cm³/mol. The van der Waals surface area contributed by atoms with Gasteiger partial charge in [-0.25, -0.2) is 4.39 Å². The van der Waals surface area contributed by atoms with Crippen molar-refractivity contribution in [1.82, 2.24) is 14.7 Å². The molecule has 4 aromatic rings. The van der Waals surface area contributed by atoms with Crippen molar-refractivity contribution in [3.63, 3.8) is 0 Å². The number of carbonyl (C=O) groups is 2. The topological polar surface area (TPSA) is 82.9 Å². The van der Waals surface area contributed by atoms with E-state index in [1.807, 2.05) is 4.90 Å². The first-order chi connectivity index (χ1) is 22.3. The average molecular weight is 636 g/mol. The highest BCUT2D eigenvalue weighted by atomic mass is 19.3. The van der Waals surface area contributed by atoms with Gasteiger partial charge in [-0.15, -0.1) is 0 Å². The summed E-state index contributed by atoms with van der Waals surface area (Å²) in [6.07, 6.45) is 6.23. The van der Waals surface area contributed by atoms with Gasteiger partial charge in [-0.05, 0) is 105 Å². The fraction of sp³-hybridized carbons (Fsp3) is 0.400. The van der Waals surface area contributed by atoms with Crippen molar-refractivity contribution in [2.24, 2.45) is 11.8 Å². The highest BCUT2D eigenvalue weighted by molar-refractivity contribution is 6.04. The van der Waals surface area contributed by atoms with Crippen LogP contribution in [0.15, 0.2) is 66.9 Å². The highest BCUT2D eigenvalue weighted by Gasteiger charge is 2.26. The van der Waals surface area contributed by atoms with E-state index in [1.54, 1.807) is 41.2 Å². The number of carbonyl (C=O) groups excluding carboxylic acids is 2. The van der Waals surface area contributed by atoms with E-state index in [0.717, 1.165) is 12.8 Å². The second-order valence-corrected chi connectivity index (χ2v) is 12.0. The van der Waals surface area contributed by atoms with Crippen LogP contribution in [0.5, 0.6) is 17.2 Å². The second-order valence-electron chi connectivity index (χ2n) is 12.0. The lowest BCUT2D eigenvalue weighted by atomic mass is 9.96. The summed E-state index contributed by atoms with van der Waals surface area (Å²) in [6.45, 7) is -0.233. The standard InChI is InChI=1S/C35H36F3N3O5/c36-26-7-11-28(12-8-26)45-27-9-5-25(6-10-27)34(43)40-17-15-23(16-18-40)20-41-21-30-31(39-41)14-13-29(33(30)46-35(37)38)32(42)2-1-19-44-22-24-3-4-24/h5-14,21,23-24,35H,1-4,15-20,22H2. The van der Waals surface area contributed by atoms with Gasteiger partial charge in [0, 0.05) is 51.0 Å². The summed E-state index contributed by atoms with van der Waals surface area (Å²) in [4.78, 5) is 27.9. The Morgan fingerprint density at radius 1 is 0.891 bits per heavy atom. The number of piperidine rings is 1. The van der Waals surface area contributed by atoms with Crippen LogP contribution < -0.4 is 9.47 Å². The van der Waals surface area contributed by atoms with E-state index >= 15 is 0 Å². The summed E-state index contributed by atoms with van der Waals surface area (Å²) in [5.74, 6) is 1.07. The third kappa shape index (κ3) is 8.06. The van der Waals surface area contributed by atoms with Gasteiger partial charge in [-0.1, -0.05) is 0 Å². The van der Waals surface area contributed by atoms with E-state index in [4.69, 9.17) is 14.2 Å². The Bertz CT molecular complexity index is 1650. The predicted octanol–water partition coefficient (Wildman–Crippen LogP) is 7.51. The molecule has 3 aromatic carbocycles. The third-order valence-electron chi connectivity index (χ3n) is 8.44. The number of hydrogen-bond donors (Lipinski definition) is 0. The normalized spacial score (nSPS) is 15.4. The molecule has 2 fully saturated rings. The Hall–Kier alpha value is -4.38. The number of benzene rings is 3. The first-order valence-corrected chi connectivity index (χ1v) is 15.7. The lowest BCUT2D eigenvalue weighted by molar-refractivity contribution is -0.0491. The van der Waals surface area contributed by atoms with Crippen LogP contribution in [0, 0.1) is 17.7 Å². The first-order valence-electron chi connectivity index (χ1n) is 15.7. The Labute approximate surface area is 265 Å². The van der Waals surface area contributed by atoms with Crippen LogP contribution in [0.1, 0.15) is 59.2 Å². The van der Waals surface area contributed by atoms with E-state index in [-0.39, 0.29) is 41.2 Å². The monoisotopic (exact) mass is 635 g/mol. The lowest BCUT2D eigenvalue weighted by Crippen LogP contribution is -2.39. The molecule has 1 saturated carbocycles. The number of Topliss-reactive ketones (excluding diaryl/α,β-unsaturated/α-hetero) is 1. The maximum absolute atomic E-state index is 13.4. The van der Waals surface area contributed by atoms with Crippen molar-refractivity contribution < 1.29 is 37.0 Å². The van der Waals surface area contributed by atoms with Gasteiger partial charge in [0.05, 0.1) is 16.5 Å². The van der Waals surface area contributed by atoms with E-state index in [9.17, 15) is 22.8 Å². The number of alkyl halides is 2. The summed E-state index contributed by atoms with van der Waals surface area (Å²) in [6, 6.07) is 15.7. The molecule has 0 spiro atoms. The van der Waals surface area contributed by atoms with E-state index in [2.05, 4.69) is 5.10 Å². The van der Waals surface area contributed by atoms with E-state index in [0.29, 0.717) is 73.2 Å². The molecule has 2 aliphatic rings. The van der Waals surface area contributed by atoms with Crippen LogP contribution in [0.3, 0.4) is 0 Å². The number of ether oxygens (including phenoxy) is 3. The summed E-state index contributed by atoms with van der Waals surface area (Å²) in [5.41, 5.74) is 1.14. The van der Waals surface area contributed by atoms with Crippen molar-refractivity contribution >= 4 is 22.6 Å². The molecule has 1 aliphatic heterocycles. The quantitative estimate of drug-likeness (QED) is 0.105. The van der Waals surface area contributed by atoms with Gasteiger partial charge in [0.15, 0.2) is 5.78 Å². The van der Waals surface area contributed by atoms with Crippen LogP contribution in [0.2, 0.25) is 0 Å². The summed E-state index contributed by atoms with van der Waals surface area (Å²) < 4.78 is 57.9. The minimum atomic E-state index is -3.08. The van der Waals surface area contributed by atoms with Gasteiger partial charge in [-0.3, -0.25) is 14.3 Å². The van der Waals surface area contributed by atoms with Gasteiger partial charge in [-0.2, -0.15) is 13.9 Å². The summed E-state index contributed by atoms with van der Waals surface area (Å²) in [5, 5.41) is 4.95. The Morgan fingerprint density at radius 2 is 1.59 bits per heavy atom. The fourth-order valence-corrected chi connectivity index (χ4v) is 5.72. The molecule has 0 N–H and O–H groups in total. The van der Waals surface area contributed by atoms with Gasteiger partial charge < -0.3 is 19.1 Å². The van der Waals surface area contributed by atoms with Crippen LogP contribution in [-0.4, -0.2) is 59.3 Å². The molecule has 1 aromatic heterocycles. The fourth-order valence-electron chi connectivity index (χ4n) is 5.72. The lowest BCUT2D eigenvalue weighted by Gasteiger charge is -2.32. The molecule has 8 nitrogen and oxygen atoms in total. The number of nitrogens with zero attached hydrogens (tertiary/aromatic N) is 3. The van der Waals surface area contributed by atoms with Crippen LogP contribution >= 0.6 is 0 Å². The number of ketones is 1. The smallest absolute Gasteiger partial charge is 0.387 e. The molecule has 0 radical (unpaired) electrons. The van der Waals surface area contributed by atoms with E-state index < -0.39 is 6.61 Å². The molecule has 46 heavy (non-hydrogen) atoms. The number of fused-ring (bicyclic) bond motifs is 1. The number of rotatable bonds is 14. The van der Waals surface area contributed by atoms with Crippen molar-refractivity contribution in [3.8, 4) is 17.2 Å². The maximum atomic E-state index is 13.4. The van der Waals surface area contributed by atoms with E-state index in [1.165, 1.54) is 43.2 Å². The molecular formula is C35H36F3N3O5. The van der Waals surface area contributed by atoms with Crippen LogP contribution in [0.25, 0.3) is 10.9 Å². The van der Waals surface area contributed by atoms with Crippen molar-refractivity contribution in [2.45, 2.75) is 51.7 Å². The molecule has 1 aliphatic carbocycles. The number of likely N-dealkylation sites (tertiary alicyclic amines) is 1. The largest absolute Gasteiger partial charge is 0.457 e. The van der Waals surface area contributed by atoms with Crippen LogP contribution in [0.4, 0.5) is 13.2 Å². The first kappa shape index (κ1) is 31.6. The maximum Gasteiger partial charge on any atom is 0.387 e. The highest BCUT2D eigenvalue weighted by Crippen LogP contribution is 2.33. The van der Waals surface area contributed by atoms with Crippen molar-refractivity contribution in [2.75, 3.05) is 26.3 Å². The third-order valence-corrected chi connectivity index (χ3v) is 8.44. The van der Waals surface area contributed by atoms with Crippen molar-refractivity contribution in [1.29, 1.82) is 0 Å². The number of halogens is 3. The minimum Gasteiger partial charge on any atom is -0.457 e. The molecule has 6 rings (SSSR count). The Balaban J connectivity index is 1.04. The molecular weight excluding hydrogens is 599 g/mol. The zero-order chi connectivity index (χ0) is 32.0. The van der Waals surface area contributed by atoms with Crippen LogP contribution in [-0.2, 0) is 11.3 Å². The molecule has 0 bridgehead atoms.